The zero-order valence-corrected chi connectivity index (χ0v) is 21.2. The topological polar surface area (TPSA) is 95.8 Å². The summed E-state index contributed by atoms with van der Waals surface area (Å²) >= 11 is 0. The zero-order chi connectivity index (χ0) is 25.4. The van der Waals surface area contributed by atoms with E-state index in [9.17, 15) is 13.2 Å². The van der Waals surface area contributed by atoms with Crippen molar-refractivity contribution in [2.75, 3.05) is 23.9 Å². The first kappa shape index (κ1) is 23.7. The minimum atomic E-state index is -3.71. The molecule has 9 heteroatoms. The molecule has 6 rings (SSSR count). The largest absolute Gasteiger partial charge is 0.348 e. The van der Waals surface area contributed by atoms with E-state index in [1.165, 1.54) is 0 Å². The van der Waals surface area contributed by atoms with Gasteiger partial charge in [0.2, 0.25) is 0 Å². The molecule has 0 saturated carbocycles. The molecule has 2 N–H and O–H groups in total. The Kier molecular flexibility index (Phi) is 6.18. The third-order valence-corrected chi connectivity index (χ3v) is 9.28. The second kappa shape index (κ2) is 9.64. The van der Waals surface area contributed by atoms with Crippen LogP contribution in [-0.2, 0) is 16.6 Å². The number of carbonyl (C=O) groups is 1. The van der Waals surface area contributed by atoms with E-state index >= 15 is 0 Å². The number of carbonyl (C=O) groups excluding carboxylic acids is 1. The second-order valence-electron chi connectivity index (χ2n) is 9.74. The highest BCUT2D eigenvalue weighted by molar-refractivity contribution is 7.92. The van der Waals surface area contributed by atoms with E-state index in [0.717, 1.165) is 48.4 Å². The summed E-state index contributed by atoms with van der Waals surface area (Å²) in [5.74, 6) is 0.412. The fourth-order valence-corrected chi connectivity index (χ4v) is 7.02. The number of pyridine rings is 1. The number of fused-ring (bicyclic) bond motifs is 2. The predicted molar refractivity (Wildman–Crippen MR) is 142 cm³/mol. The van der Waals surface area contributed by atoms with E-state index in [2.05, 4.69) is 21.7 Å². The minimum Gasteiger partial charge on any atom is -0.348 e. The summed E-state index contributed by atoms with van der Waals surface area (Å²) in [6.45, 7) is 2.71. The number of aromatic nitrogens is 2. The van der Waals surface area contributed by atoms with Crippen molar-refractivity contribution in [2.45, 2.75) is 30.2 Å². The Morgan fingerprint density at radius 1 is 1.08 bits per heavy atom. The van der Waals surface area contributed by atoms with Crippen molar-refractivity contribution in [3.05, 3.63) is 95.9 Å². The lowest BCUT2D eigenvalue weighted by Gasteiger charge is -2.29. The Morgan fingerprint density at radius 2 is 1.92 bits per heavy atom. The van der Waals surface area contributed by atoms with Crippen LogP contribution in [0.15, 0.2) is 84.1 Å². The smallest absolute Gasteiger partial charge is 0.264 e. The number of benzene rings is 2. The number of hydrogen-bond donors (Lipinski definition) is 2. The number of anilines is 1. The molecule has 2 aromatic heterocycles. The van der Waals surface area contributed by atoms with Crippen molar-refractivity contribution in [3.8, 4) is 0 Å². The number of nitrogens with zero attached hydrogens (tertiary/aromatic N) is 3. The maximum atomic E-state index is 13.7. The van der Waals surface area contributed by atoms with Gasteiger partial charge >= 0.3 is 0 Å². The average molecular weight is 516 g/mol. The molecule has 4 heterocycles. The number of piperidine rings is 1. The Morgan fingerprint density at radius 3 is 2.73 bits per heavy atom. The third kappa shape index (κ3) is 4.49. The summed E-state index contributed by atoms with van der Waals surface area (Å²) in [4.78, 5) is 17.1. The molecular formula is C28H29N5O3S. The van der Waals surface area contributed by atoms with Gasteiger partial charge in [0, 0.05) is 37.6 Å². The van der Waals surface area contributed by atoms with Crippen LogP contribution in [0.5, 0.6) is 0 Å². The summed E-state index contributed by atoms with van der Waals surface area (Å²) < 4.78 is 30.8. The summed E-state index contributed by atoms with van der Waals surface area (Å²) in [7, 11) is -3.71. The average Bonchev–Trinajstić information content (AvgIpc) is 3.57. The van der Waals surface area contributed by atoms with Gasteiger partial charge in [-0.15, -0.1) is 0 Å². The highest BCUT2D eigenvalue weighted by Gasteiger charge is 2.40. The second-order valence-corrected chi connectivity index (χ2v) is 11.6. The predicted octanol–water partition coefficient (Wildman–Crippen LogP) is 3.56. The Balaban J connectivity index is 1.16. The van der Waals surface area contributed by atoms with Gasteiger partial charge in [0.15, 0.2) is 0 Å². The molecule has 1 fully saturated rings. The van der Waals surface area contributed by atoms with Gasteiger partial charge in [-0.2, -0.15) is 0 Å². The molecule has 0 bridgehead atoms. The van der Waals surface area contributed by atoms with E-state index in [-0.39, 0.29) is 16.7 Å². The van der Waals surface area contributed by atoms with Crippen molar-refractivity contribution in [1.29, 1.82) is 0 Å². The van der Waals surface area contributed by atoms with Gasteiger partial charge < -0.3 is 15.0 Å². The van der Waals surface area contributed by atoms with Crippen LogP contribution in [0.25, 0.3) is 5.65 Å². The number of hydrogen-bond acceptors (Lipinski definition) is 5. The number of sulfonamides is 1. The lowest BCUT2D eigenvalue weighted by atomic mass is 9.83. The first-order valence-corrected chi connectivity index (χ1v) is 14.1. The molecule has 2 aromatic carbocycles. The summed E-state index contributed by atoms with van der Waals surface area (Å²) in [5.41, 5.74) is 4.03. The first-order valence-electron chi connectivity index (χ1n) is 12.6. The molecule has 0 radical (unpaired) electrons. The zero-order valence-electron chi connectivity index (χ0n) is 20.4. The molecule has 1 saturated heterocycles. The van der Waals surface area contributed by atoms with Crippen LogP contribution in [-0.4, -0.2) is 43.3 Å². The van der Waals surface area contributed by atoms with Crippen LogP contribution in [0.2, 0.25) is 0 Å². The van der Waals surface area contributed by atoms with E-state index in [4.69, 9.17) is 0 Å². The molecule has 2 aliphatic heterocycles. The molecule has 2 unspecified atom stereocenters. The van der Waals surface area contributed by atoms with Gasteiger partial charge in [-0.1, -0.05) is 30.3 Å². The molecule has 37 heavy (non-hydrogen) atoms. The highest BCUT2D eigenvalue weighted by atomic mass is 32.2. The van der Waals surface area contributed by atoms with Crippen molar-refractivity contribution >= 4 is 27.3 Å². The van der Waals surface area contributed by atoms with Crippen LogP contribution in [0.3, 0.4) is 0 Å². The third-order valence-electron chi connectivity index (χ3n) is 7.49. The Hall–Kier alpha value is -3.69. The number of imidazole rings is 1. The van der Waals surface area contributed by atoms with Crippen LogP contribution in [0.4, 0.5) is 5.69 Å². The fourth-order valence-electron chi connectivity index (χ4n) is 5.50. The van der Waals surface area contributed by atoms with Crippen molar-refractivity contribution < 1.29 is 13.2 Å². The maximum Gasteiger partial charge on any atom is 0.264 e. The summed E-state index contributed by atoms with van der Waals surface area (Å²) in [6, 6.07) is 18.2. The monoisotopic (exact) mass is 515 g/mol. The van der Waals surface area contributed by atoms with E-state index < -0.39 is 10.0 Å². The SMILES string of the molecule is O=C(NCc1ccc(S(=O)(=O)N2CC(C3CCCNC3)c3ccccc32)cc1)c1ccc2nccn2c1. The fraction of sp³-hybridized carbons (Fsp3) is 0.286. The quantitative estimate of drug-likeness (QED) is 0.410. The molecule has 4 aromatic rings. The Bertz CT molecular complexity index is 1540. The van der Waals surface area contributed by atoms with Gasteiger partial charge in [0.05, 0.1) is 16.1 Å². The maximum absolute atomic E-state index is 13.7. The van der Waals surface area contributed by atoms with E-state index in [0.29, 0.717) is 24.6 Å². The standard InChI is InChI=1S/C28H29N5O3S/c34-28(22-9-12-27-30-14-15-32(27)18-22)31-16-20-7-10-23(11-8-20)37(35,36)33-19-25(21-4-3-13-29-17-21)24-5-1-2-6-26(24)33/h1-2,5-12,14-15,18,21,25,29H,3-4,13,16-17,19H2,(H,31,34). The molecule has 190 valence electrons. The lowest BCUT2D eigenvalue weighted by molar-refractivity contribution is 0.0950. The van der Waals surface area contributed by atoms with Crippen LogP contribution in [0, 0.1) is 5.92 Å². The number of nitrogens with one attached hydrogen (secondary N) is 2. The summed E-state index contributed by atoms with van der Waals surface area (Å²) in [5, 5.41) is 6.37. The normalized spacial score (nSPS) is 19.6. The van der Waals surface area contributed by atoms with Gasteiger partial charge in [-0.25, -0.2) is 13.4 Å². The van der Waals surface area contributed by atoms with Crippen molar-refractivity contribution in [2.24, 2.45) is 5.92 Å². The van der Waals surface area contributed by atoms with Crippen LogP contribution < -0.4 is 14.9 Å². The number of rotatable bonds is 6. The molecule has 0 spiro atoms. The van der Waals surface area contributed by atoms with Crippen LogP contribution >= 0.6 is 0 Å². The van der Waals surface area contributed by atoms with Gasteiger partial charge in [0.25, 0.3) is 15.9 Å². The molecule has 0 aliphatic carbocycles. The minimum absolute atomic E-state index is 0.190. The molecule has 2 atom stereocenters. The van der Waals surface area contributed by atoms with E-state index in [1.807, 2.05) is 18.2 Å². The molecule has 2 aliphatic rings. The van der Waals surface area contributed by atoms with Gasteiger partial charge in [-0.05, 0) is 73.3 Å². The van der Waals surface area contributed by atoms with Gasteiger partial charge in [-0.3, -0.25) is 9.10 Å². The number of para-hydroxylation sites is 1. The molecule has 8 nitrogen and oxygen atoms in total. The molecule has 1 amide bonds. The highest BCUT2D eigenvalue weighted by Crippen LogP contribution is 2.44. The van der Waals surface area contributed by atoms with Crippen molar-refractivity contribution in [1.82, 2.24) is 20.0 Å². The summed E-state index contributed by atoms with van der Waals surface area (Å²) in [6.07, 6.45) is 7.43. The van der Waals surface area contributed by atoms with Crippen molar-refractivity contribution in [3.63, 3.8) is 0 Å². The Labute approximate surface area is 216 Å². The number of amides is 1. The van der Waals surface area contributed by atoms with E-state index in [1.54, 1.807) is 63.7 Å². The lowest BCUT2D eigenvalue weighted by Crippen LogP contribution is -2.36. The molecular weight excluding hydrogens is 486 g/mol. The van der Waals surface area contributed by atoms with Gasteiger partial charge in [0.1, 0.15) is 5.65 Å². The first-order chi connectivity index (χ1) is 18.0. The van der Waals surface area contributed by atoms with Crippen LogP contribution in [0.1, 0.15) is 40.2 Å².